The highest BCUT2D eigenvalue weighted by atomic mass is 32.2. The van der Waals surface area contributed by atoms with Crippen molar-refractivity contribution in [1.82, 2.24) is 5.32 Å². The van der Waals surface area contributed by atoms with E-state index in [4.69, 9.17) is 10.8 Å². The second kappa shape index (κ2) is 8.12. The minimum absolute atomic E-state index is 0.0888. The summed E-state index contributed by atoms with van der Waals surface area (Å²) in [6.45, 7) is 0.602. The van der Waals surface area contributed by atoms with Gasteiger partial charge >= 0.3 is 5.97 Å². The van der Waals surface area contributed by atoms with Gasteiger partial charge in [0.25, 0.3) is 0 Å². The molecule has 0 saturated carbocycles. The van der Waals surface area contributed by atoms with E-state index < -0.39 is 12.0 Å². The molecule has 100 valence electrons. The first-order valence-corrected chi connectivity index (χ1v) is 7.48. The van der Waals surface area contributed by atoms with Gasteiger partial charge in [0.2, 0.25) is 5.91 Å². The van der Waals surface area contributed by atoms with Crippen molar-refractivity contribution in [3.8, 4) is 0 Å². The number of nitrogens with two attached hydrogens (primary N) is 1. The summed E-state index contributed by atoms with van der Waals surface area (Å²) in [7, 11) is 0. The summed E-state index contributed by atoms with van der Waals surface area (Å²) in [5.41, 5.74) is 5.32. The Morgan fingerprint density at radius 2 is 2.33 bits per heavy atom. The van der Waals surface area contributed by atoms with Gasteiger partial charge in [-0.05, 0) is 17.9 Å². The van der Waals surface area contributed by atoms with Crippen LogP contribution in [0.2, 0.25) is 0 Å². The number of hydrogen-bond acceptors (Lipinski definition) is 5. The van der Waals surface area contributed by atoms with Crippen LogP contribution in [0.4, 0.5) is 0 Å². The van der Waals surface area contributed by atoms with Gasteiger partial charge in [-0.15, -0.1) is 23.1 Å². The fourth-order valence-corrected chi connectivity index (χ4v) is 2.69. The molecule has 0 unspecified atom stereocenters. The zero-order valence-corrected chi connectivity index (χ0v) is 11.4. The van der Waals surface area contributed by atoms with Crippen molar-refractivity contribution in [3.63, 3.8) is 0 Å². The van der Waals surface area contributed by atoms with Crippen LogP contribution in [-0.2, 0) is 16.0 Å². The van der Waals surface area contributed by atoms with Crippen molar-refractivity contribution in [2.24, 2.45) is 5.73 Å². The summed E-state index contributed by atoms with van der Waals surface area (Å²) in [5, 5.41) is 13.3. The van der Waals surface area contributed by atoms with Crippen molar-refractivity contribution in [2.45, 2.75) is 12.5 Å². The largest absolute Gasteiger partial charge is 0.480 e. The Bertz CT molecular complexity index is 382. The lowest BCUT2D eigenvalue weighted by molar-refractivity contribution is -0.138. The first kappa shape index (κ1) is 15.0. The Labute approximate surface area is 114 Å². The number of nitrogens with one attached hydrogen (secondary N) is 1. The Kier molecular flexibility index (Phi) is 6.77. The maximum absolute atomic E-state index is 11.4. The highest BCUT2D eigenvalue weighted by molar-refractivity contribution is 8.00. The molecular weight excluding hydrogens is 272 g/mol. The molecule has 1 rings (SSSR count). The topological polar surface area (TPSA) is 92.4 Å². The number of aliphatic carboxylic acids is 1. The van der Waals surface area contributed by atoms with Gasteiger partial charge in [0.15, 0.2) is 0 Å². The fourth-order valence-electron chi connectivity index (χ4n) is 1.18. The van der Waals surface area contributed by atoms with E-state index in [0.29, 0.717) is 6.54 Å². The molecule has 5 nitrogen and oxygen atoms in total. The lowest BCUT2D eigenvalue weighted by Crippen LogP contribution is -2.33. The number of amides is 1. The number of carbonyl (C=O) groups is 2. The second-order valence-electron chi connectivity index (χ2n) is 3.64. The third-order valence-corrected chi connectivity index (χ3v) is 4.12. The van der Waals surface area contributed by atoms with Gasteiger partial charge in [-0.25, -0.2) is 0 Å². The third kappa shape index (κ3) is 6.04. The molecule has 0 aliphatic rings. The molecule has 1 aromatic heterocycles. The Morgan fingerprint density at radius 3 is 2.94 bits per heavy atom. The van der Waals surface area contributed by atoms with Crippen LogP contribution in [0.15, 0.2) is 17.5 Å². The molecule has 4 N–H and O–H groups in total. The lowest BCUT2D eigenvalue weighted by atomic mass is 10.3. The standard InChI is InChI=1S/C11H16N2O3S2/c12-9(11(15)16)6-17-7-10(14)13-4-3-8-2-1-5-18-8/h1-2,5,9H,3-4,6-7,12H2,(H,13,14)(H,15,16)/t9-/m1/s1. The van der Waals surface area contributed by atoms with Crippen molar-refractivity contribution in [1.29, 1.82) is 0 Å². The van der Waals surface area contributed by atoms with Crippen LogP contribution < -0.4 is 11.1 Å². The molecule has 0 aromatic carbocycles. The quantitative estimate of drug-likeness (QED) is 0.650. The number of rotatable bonds is 8. The monoisotopic (exact) mass is 288 g/mol. The molecule has 0 aliphatic heterocycles. The van der Waals surface area contributed by atoms with E-state index in [1.807, 2.05) is 17.5 Å². The van der Waals surface area contributed by atoms with Gasteiger partial charge < -0.3 is 16.2 Å². The average Bonchev–Trinajstić information content (AvgIpc) is 2.81. The molecule has 1 heterocycles. The maximum Gasteiger partial charge on any atom is 0.321 e. The van der Waals surface area contributed by atoms with Crippen LogP contribution >= 0.6 is 23.1 Å². The molecule has 0 aliphatic carbocycles. The third-order valence-electron chi connectivity index (χ3n) is 2.12. The predicted molar refractivity (Wildman–Crippen MR) is 74.0 cm³/mol. The number of hydrogen-bond donors (Lipinski definition) is 3. The maximum atomic E-state index is 11.4. The first-order chi connectivity index (χ1) is 8.59. The molecule has 0 fully saturated rings. The van der Waals surface area contributed by atoms with Gasteiger partial charge in [0, 0.05) is 17.2 Å². The van der Waals surface area contributed by atoms with Crippen LogP contribution in [0.3, 0.4) is 0 Å². The molecule has 0 saturated heterocycles. The fraction of sp³-hybridized carbons (Fsp3) is 0.455. The Morgan fingerprint density at radius 1 is 1.56 bits per heavy atom. The van der Waals surface area contributed by atoms with Gasteiger partial charge in [-0.1, -0.05) is 6.07 Å². The number of thiophene rings is 1. The molecule has 0 spiro atoms. The predicted octanol–water partition coefficient (Wildman–Crippen LogP) is 0.552. The summed E-state index contributed by atoms with van der Waals surface area (Å²) in [6.07, 6.45) is 0.822. The zero-order chi connectivity index (χ0) is 13.4. The van der Waals surface area contributed by atoms with Crippen LogP contribution in [-0.4, -0.2) is 41.1 Å². The van der Waals surface area contributed by atoms with Gasteiger partial charge in [-0.3, -0.25) is 9.59 Å². The molecular formula is C11H16N2O3S2. The minimum atomic E-state index is -1.04. The molecule has 1 amide bonds. The SMILES string of the molecule is N[C@H](CSCC(=O)NCCc1cccs1)C(=O)O. The summed E-state index contributed by atoms with van der Waals surface area (Å²) in [5.74, 6) is -0.645. The number of thioether (sulfide) groups is 1. The molecule has 1 atom stereocenters. The van der Waals surface area contributed by atoms with Crippen LogP contribution in [0.25, 0.3) is 0 Å². The van der Waals surface area contributed by atoms with Crippen molar-refractivity contribution < 1.29 is 14.7 Å². The summed E-state index contributed by atoms with van der Waals surface area (Å²) in [4.78, 5) is 23.1. The van der Waals surface area contributed by atoms with Crippen LogP contribution in [0.1, 0.15) is 4.88 Å². The number of carbonyl (C=O) groups excluding carboxylic acids is 1. The van der Waals surface area contributed by atoms with Crippen LogP contribution in [0, 0.1) is 0 Å². The molecule has 1 aromatic rings. The normalized spacial score (nSPS) is 12.1. The van der Waals surface area contributed by atoms with Crippen molar-refractivity contribution >= 4 is 35.0 Å². The number of carboxylic acids is 1. The highest BCUT2D eigenvalue weighted by Crippen LogP contribution is 2.08. The van der Waals surface area contributed by atoms with E-state index in [2.05, 4.69) is 5.32 Å². The highest BCUT2D eigenvalue weighted by Gasteiger charge is 2.11. The minimum Gasteiger partial charge on any atom is -0.480 e. The van der Waals surface area contributed by atoms with Gasteiger partial charge in [0.1, 0.15) is 6.04 Å². The molecule has 0 radical (unpaired) electrons. The Balaban J connectivity index is 2.05. The summed E-state index contributed by atoms with van der Waals surface area (Å²) < 4.78 is 0. The lowest BCUT2D eigenvalue weighted by Gasteiger charge is -2.06. The van der Waals surface area contributed by atoms with E-state index in [-0.39, 0.29) is 17.4 Å². The van der Waals surface area contributed by atoms with E-state index in [0.717, 1.165) is 6.42 Å². The van der Waals surface area contributed by atoms with Crippen molar-refractivity contribution in [3.05, 3.63) is 22.4 Å². The molecule has 18 heavy (non-hydrogen) atoms. The average molecular weight is 288 g/mol. The Hall–Kier alpha value is -1.05. The first-order valence-electron chi connectivity index (χ1n) is 5.45. The smallest absolute Gasteiger partial charge is 0.321 e. The van der Waals surface area contributed by atoms with Crippen molar-refractivity contribution in [2.75, 3.05) is 18.1 Å². The molecule has 7 heteroatoms. The van der Waals surface area contributed by atoms with E-state index in [1.54, 1.807) is 11.3 Å². The van der Waals surface area contributed by atoms with E-state index in [1.165, 1.54) is 16.6 Å². The van der Waals surface area contributed by atoms with Gasteiger partial charge in [-0.2, -0.15) is 0 Å². The molecule has 0 bridgehead atoms. The second-order valence-corrected chi connectivity index (χ2v) is 5.70. The zero-order valence-electron chi connectivity index (χ0n) is 9.80. The van der Waals surface area contributed by atoms with E-state index in [9.17, 15) is 9.59 Å². The summed E-state index contributed by atoms with van der Waals surface area (Å²) in [6, 6.07) is 3.09. The van der Waals surface area contributed by atoms with E-state index >= 15 is 0 Å². The van der Waals surface area contributed by atoms with Gasteiger partial charge in [0.05, 0.1) is 5.75 Å². The van der Waals surface area contributed by atoms with Crippen LogP contribution in [0.5, 0.6) is 0 Å². The number of carboxylic acid groups (broad SMARTS) is 1. The summed E-state index contributed by atoms with van der Waals surface area (Å²) >= 11 is 2.89.